The highest BCUT2D eigenvalue weighted by atomic mass is 127. The fourth-order valence-electron chi connectivity index (χ4n) is 2.67. The number of guanidine groups is 1. The van der Waals surface area contributed by atoms with Crippen molar-refractivity contribution in [3.05, 3.63) is 71.9 Å². The summed E-state index contributed by atoms with van der Waals surface area (Å²) in [5.74, 6) is 2.37. The average molecular weight is 520 g/mol. The molecule has 0 fully saturated rings. The maximum absolute atomic E-state index is 5.97. The van der Waals surface area contributed by atoms with E-state index in [-0.39, 0.29) is 24.0 Å². The third-order valence-electron chi connectivity index (χ3n) is 4.11. The molecule has 0 saturated carbocycles. The minimum Gasteiger partial charge on any atom is -0.493 e. The molecule has 0 spiro atoms. The van der Waals surface area contributed by atoms with Crippen LogP contribution in [0.5, 0.6) is 23.1 Å². The predicted molar refractivity (Wildman–Crippen MR) is 129 cm³/mol. The zero-order valence-corrected chi connectivity index (χ0v) is 19.4. The largest absolute Gasteiger partial charge is 0.493 e. The van der Waals surface area contributed by atoms with Gasteiger partial charge < -0.3 is 25.3 Å². The lowest BCUT2D eigenvalue weighted by atomic mass is 10.2. The quantitative estimate of drug-likeness (QED) is 0.266. The van der Waals surface area contributed by atoms with E-state index in [1.807, 2.05) is 43.3 Å². The first-order chi connectivity index (χ1) is 14.1. The molecule has 0 aliphatic carbocycles. The SMILES string of the molecule is COc1cccc(OC)c1Oc1ccc(CN=C(N)Nc2cccc(C)c2)cn1.I. The van der Waals surface area contributed by atoms with Crippen LogP contribution >= 0.6 is 24.0 Å². The van der Waals surface area contributed by atoms with Gasteiger partial charge in [-0.15, -0.1) is 24.0 Å². The van der Waals surface area contributed by atoms with Gasteiger partial charge in [-0.05, 0) is 42.3 Å². The summed E-state index contributed by atoms with van der Waals surface area (Å²) in [5, 5.41) is 3.08. The normalized spacial score (nSPS) is 10.7. The maximum Gasteiger partial charge on any atom is 0.219 e. The number of hydrogen-bond donors (Lipinski definition) is 2. The Hall–Kier alpha value is -3.01. The average Bonchev–Trinajstić information content (AvgIpc) is 2.73. The second-order valence-corrected chi connectivity index (χ2v) is 6.29. The summed E-state index contributed by atoms with van der Waals surface area (Å²) in [5.41, 5.74) is 8.92. The van der Waals surface area contributed by atoms with Gasteiger partial charge in [0.25, 0.3) is 0 Å². The number of nitrogens with zero attached hydrogens (tertiary/aromatic N) is 2. The van der Waals surface area contributed by atoms with Gasteiger partial charge in [0.05, 0.1) is 20.8 Å². The van der Waals surface area contributed by atoms with Crippen LogP contribution in [-0.4, -0.2) is 25.2 Å². The number of para-hydroxylation sites is 1. The third-order valence-corrected chi connectivity index (χ3v) is 4.11. The van der Waals surface area contributed by atoms with Crippen molar-refractivity contribution in [3.63, 3.8) is 0 Å². The number of pyridine rings is 1. The van der Waals surface area contributed by atoms with Crippen LogP contribution in [0.15, 0.2) is 65.8 Å². The second kappa shape index (κ2) is 11.2. The van der Waals surface area contributed by atoms with E-state index in [1.165, 1.54) is 0 Å². The van der Waals surface area contributed by atoms with E-state index < -0.39 is 0 Å². The first-order valence-electron chi connectivity index (χ1n) is 9.06. The van der Waals surface area contributed by atoms with E-state index in [0.29, 0.717) is 35.6 Å². The van der Waals surface area contributed by atoms with Crippen molar-refractivity contribution in [3.8, 4) is 23.1 Å². The van der Waals surface area contributed by atoms with Gasteiger partial charge in [0.2, 0.25) is 11.6 Å². The number of anilines is 1. The number of benzene rings is 2. The molecule has 0 aliphatic heterocycles. The Bertz CT molecular complexity index is 972. The van der Waals surface area contributed by atoms with Crippen molar-refractivity contribution in [2.24, 2.45) is 10.7 Å². The van der Waals surface area contributed by atoms with Crippen molar-refractivity contribution in [1.29, 1.82) is 0 Å². The lowest BCUT2D eigenvalue weighted by Crippen LogP contribution is -2.22. The molecule has 3 N–H and O–H groups in total. The van der Waals surface area contributed by atoms with Crippen molar-refractivity contribution in [2.75, 3.05) is 19.5 Å². The van der Waals surface area contributed by atoms with Crippen molar-refractivity contribution in [1.82, 2.24) is 4.98 Å². The van der Waals surface area contributed by atoms with Crippen LogP contribution in [0.25, 0.3) is 0 Å². The molecule has 0 amide bonds. The Morgan fingerprint density at radius 2 is 1.73 bits per heavy atom. The van der Waals surface area contributed by atoms with Crippen molar-refractivity contribution >= 4 is 35.6 Å². The lowest BCUT2D eigenvalue weighted by molar-refractivity contribution is 0.342. The number of aryl methyl sites for hydroxylation is 1. The highest BCUT2D eigenvalue weighted by Gasteiger charge is 2.13. The van der Waals surface area contributed by atoms with Crippen molar-refractivity contribution < 1.29 is 14.2 Å². The summed E-state index contributed by atoms with van der Waals surface area (Å²) < 4.78 is 16.5. The summed E-state index contributed by atoms with van der Waals surface area (Å²) in [6.45, 7) is 2.42. The number of ether oxygens (including phenoxy) is 3. The van der Waals surface area contributed by atoms with E-state index in [1.54, 1.807) is 38.6 Å². The molecule has 0 aliphatic rings. The van der Waals surface area contributed by atoms with Crippen LogP contribution in [0, 0.1) is 6.92 Å². The molecule has 0 saturated heterocycles. The molecule has 158 valence electrons. The molecule has 1 heterocycles. The molecular formula is C22H25IN4O3. The number of hydrogen-bond acceptors (Lipinski definition) is 5. The topological polar surface area (TPSA) is 91.0 Å². The monoisotopic (exact) mass is 520 g/mol. The standard InChI is InChI=1S/C22H24N4O3.HI/c1-15-6-4-7-17(12-15)26-22(23)25-14-16-10-11-20(24-13-16)29-21-18(27-2)8-5-9-19(21)28-3;/h4-13H,14H2,1-3H3,(H3,23,25,26);1H. The molecule has 7 nitrogen and oxygen atoms in total. The fraction of sp³-hybridized carbons (Fsp3) is 0.182. The van der Waals surface area contributed by atoms with Gasteiger partial charge in [-0.2, -0.15) is 0 Å². The highest BCUT2D eigenvalue weighted by molar-refractivity contribution is 14.0. The molecule has 3 rings (SSSR count). The van der Waals surface area contributed by atoms with Crippen LogP contribution in [0.4, 0.5) is 5.69 Å². The van der Waals surface area contributed by atoms with Gasteiger partial charge in [0.15, 0.2) is 17.5 Å². The second-order valence-electron chi connectivity index (χ2n) is 6.29. The van der Waals surface area contributed by atoms with Crippen LogP contribution in [0.2, 0.25) is 0 Å². The van der Waals surface area contributed by atoms with E-state index in [9.17, 15) is 0 Å². The minimum atomic E-state index is 0. The summed E-state index contributed by atoms with van der Waals surface area (Å²) in [4.78, 5) is 8.68. The van der Waals surface area contributed by atoms with Gasteiger partial charge in [-0.25, -0.2) is 9.98 Å². The summed E-state index contributed by atoms with van der Waals surface area (Å²) in [6, 6.07) is 17.0. The molecule has 0 atom stereocenters. The maximum atomic E-state index is 5.97. The Balaban J connectivity index is 0.00000320. The Morgan fingerprint density at radius 1 is 1.03 bits per heavy atom. The zero-order valence-electron chi connectivity index (χ0n) is 17.1. The number of rotatable bonds is 7. The first-order valence-corrected chi connectivity index (χ1v) is 9.06. The Kier molecular flexibility index (Phi) is 8.72. The number of aromatic nitrogens is 1. The molecule has 3 aromatic rings. The Labute approximate surface area is 193 Å². The summed E-state index contributed by atoms with van der Waals surface area (Å²) in [6.07, 6.45) is 1.70. The number of aliphatic imine (C=N–C) groups is 1. The number of nitrogens with two attached hydrogens (primary N) is 1. The van der Waals surface area contributed by atoms with Crippen LogP contribution in [0.3, 0.4) is 0 Å². The molecular weight excluding hydrogens is 495 g/mol. The van der Waals surface area contributed by atoms with Gasteiger partial charge in [-0.3, -0.25) is 0 Å². The van der Waals surface area contributed by atoms with E-state index in [0.717, 1.165) is 16.8 Å². The molecule has 0 unspecified atom stereocenters. The van der Waals surface area contributed by atoms with Crippen LogP contribution in [0.1, 0.15) is 11.1 Å². The summed E-state index contributed by atoms with van der Waals surface area (Å²) >= 11 is 0. The van der Waals surface area contributed by atoms with Gasteiger partial charge >= 0.3 is 0 Å². The van der Waals surface area contributed by atoms with Crippen LogP contribution in [-0.2, 0) is 6.54 Å². The highest BCUT2D eigenvalue weighted by Crippen LogP contribution is 2.39. The van der Waals surface area contributed by atoms with Gasteiger partial charge in [0, 0.05) is 18.0 Å². The zero-order chi connectivity index (χ0) is 20.6. The molecule has 30 heavy (non-hydrogen) atoms. The van der Waals surface area contributed by atoms with Gasteiger partial charge in [-0.1, -0.05) is 24.3 Å². The van der Waals surface area contributed by atoms with E-state index in [4.69, 9.17) is 19.9 Å². The molecule has 2 aromatic carbocycles. The van der Waals surface area contributed by atoms with E-state index >= 15 is 0 Å². The molecule has 8 heteroatoms. The van der Waals surface area contributed by atoms with Crippen molar-refractivity contribution in [2.45, 2.75) is 13.5 Å². The third kappa shape index (κ3) is 6.24. The van der Waals surface area contributed by atoms with E-state index in [2.05, 4.69) is 15.3 Å². The number of methoxy groups -OCH3 is 2. The molecule has 0 bridgehead atoms. The predicted octanol–water partition coefficient (Wildman–Crippen LogP) is 4.74. The smallest absolute Gasteiger partial charge is 0.219 e. The lowest BCUT2D eigenvalue weighted by Gasteiger charge is -2.13. The number of nitrogens with one attached hydrogen (secondary N) is 1. The van der Waals surface area contributed by atoms with Gasteiger partial charge in [0.1, 0.15) is 0 Å². The fourth-order valence-corrected chi connectivity index (χ4v) is 2.67. The minimum absolute atomic E-state index is 0. The molecule has 1 aromatic heterocycles. The number of halogens is 1. The summed E-state index contributed by atoms with van der Waals surface area (Å²) in [7, 11) is 3.15. The Morgan fingerprint density at radius 3 is 2.33 bits per heavy atom. The first kappa shape index (κ1) is 23.3. The van der Waals surface area contributed by atoms with Crippen LogP contribution < -0.4 is 25.3 Å². The molecule has 0 radical (unpaired) electrons.